The second kappa shape index (κ2) is 5.00. The van der Waals surface area contributed by atoms with Crippen molar-refractivity contribution in [1.29, 1.82) is 0 Å². The smallest absolute Gasteiger partial charge is 0.163 e. The molecular formula is C16H18N2O. The minimum atomic E-state index is 0.288. The number of fused-ring (bicyclic) bond motifs is 1. The number of carbonyl (C=O) groups excluding carboxylic acids is 1. The van der Waals surface area contributed by atoms with Crippen molar-refractivity contribution < 1.29 is 4.79 Å². The van der Waals surface area contributed by atoms with Crippen molar-refractivity contribution in [3.05, 3.63) is 53.6 Å². The second-order valence-electron chi connectivity index (χ2n) is 5.15. The van der Waals surface area contributed by atoms with E-state index in [9.17, 15) is 4.79 Å². The first-order chi connectivity index (χ1) is 9.29. The van der Waals surface area contributed by atoms with Gasteiger partial charge in [0, 0.05) is 24.4 Å². The highest BCUT2D eigenvalue weighted by Crippen LogP contribution is 2.29. The molecule has 3 heteroatoms. The summed E-state index contributed by atoms with van der Waals surface area (Å²) in [5.74, 6) is 0.288. The fourth-order valence-electron chi connectivity index (χ4n) is 2.90. The Hall–Kier alpha value is -1.90. The summed E-state index contributed by atoms with van der Waals surface area (Å²) in [6.45, 7) is 2.20. The summed E-state index contributed by atoms with van der Waals surface area (Å²) in [5.41, 5.74) is 3.42. The Kier molecular flexibility index (Phi) is 3.20. The number of hydrogen-bond acceptors (Lipinski definition) is 2. The molecule has 19 heavy (non-hydrogen) atoms. The van der Waals surface area contributed by atoms with Gasteiger partial charge in [0.25, 0.3) is 0 Å². The van der Waals surface area contributed by atoms with E-state index in [2.05, 4.69) is 28.6 Å². The number of nitrogens with zero attached hydrogens (tertiary/aromatic N) is 2. The first kappa shape index (κ1) is 12.2. The van der Waals surface area contributed by atoms with Gasteiger partial charge in [-0.05, 0) is 24.0 Å². The zero-order chi connectivity index (χ0) is 13.2. The number of imidazole rings is 1. The first-order valence-corrected chi connectivity index (χ1v) is 6.93. The van der Waals surface area contributed by atoms with Crippen LogP contribution < -0.4 is 0 Å². The maximum absolute atomic E-state index is 11.7. The lowest BCUT2D eigenvalue weighted by Crippen LogP contribution is -2.09. The normalized spacial score (nSPS) is 15.5. The molecular weight excluding hydrogens is 236 g/mol. The monoisotopic (exact) mass is 254 g/mol. The number of aromatic nitrogens is 2. The van der Waals surface area contributed by atoms with Gasteiger partial charge < -0.3 is 4.57 Å². The van der Waals surface area contributed by atoms with Crippen molar-refractivity contribution in [2.45, 2.75) is 38.6 Å². The molecule has 3 nitrogen and oxygen atoms in total. The third-order valence-corrected chi connectivity index (χ3v) is 3.88. The van der Waals surface area contributed by atoms with Gasteiger partial charge in [0.1, 0.15) is 0 Å². The molecule has 0 radical (unpaired) electrons. The summed E-state index contributed by atoms with van der Waals surface area (Å²) in [6, 6.07) is 6.64. The number of aryl methyl sites for hydroxylation is 1. The van der Waals surface area contributed by atoms with Crippen LogP contribution in [0.2, 0.25) is 0 Å². The van der Waals surface area contributed by atoms with Gasteiger partial charge >= 0.3 is 0 Å². The number of rotatable bonds is 4. The van der Waals surface area contributed by atoms with E-state index >= 15 is 0 Å². The zero-order valence-electron chi connectivity index (χ0n) is 11.2. The lowest BCUT2D eigenvalue weighted by molar-refractivity contribution is 0.0994. The van der Waals surface area contributed by atoms with Gasteiger partial charge in [-0.1, -0.05) is 31.5 Å². The van der Waals surface area contributed by atoms with Crippen molar-refractivity contribution in [3.63, 3.8) is 0 Å². The number of ketones is 1. The molecule has 0 amide bonds. The lowest BCUT2D eigenvalue weighted by atomic mass is 9.98. The number of hydrogen-bond donors (Lipinski definition) is 0. The Morgan fingerprint density at radius 2 is 2.26 bits per heavy atom. The molecule has 3 rings (SSSR count). The Morgan fingerprint density at radius 1 is 1.37 bits per heavy atom. The summed E-state index contributed by atoms with van der Waals surface area (Å²) in [6.07, 6.45) is 9.48. The van der Waals surface area contributed by atoms with Crippen LogP contribution in [0.15, 0.2) is 36.9 Å². The maximum Gasteiger partial charge on any atom is 0.163 e. The summed E-state index contributed by atoms with van der Waals surface area (Å²) in [7, 11) is 0. The maximum atomic E-state index is 11.7. The molecule has 1 aliphatic carbocycles. The third-order valence-electron chi connectivity index (χ3n) is 3.88. The SMILES string of the molecule is CCCC(c1ccc2c(c1)CCC2=O)n1ccnc1. The van der Waals surface area contributed by atoms with Crippen LogP contribution in [0.5, 0.6) is 0 Å². The molecule has 0 bridgehead atoms. The highest BCUT2D eigenvalue weighted by Gasteiger charge is 2.21. The van der Waals surface area contributed by atoms with Crippen LogP contribution in [-0.2, 0) is 6.42 Å². The van der Waals surface area contributed by atoms with Crippen LogP contribution in [0.3, 0.4) is 0 Å². The topological polar surface area (TPSA) is 34.9 Å². The molecule has 0 N–H and O–H groups in total. The van der Waals surface area contributed by atoms with Crippen molar-refractivity contribution in [1.82, 2.24) is 9.55 Å². The highest BCUT2D eigenvalue weighted by molar-refractivity contribution is 6.00. The van der Waals surface area contributed by atoms with Gasteiger partial charge in [-0.15, -0.1) is 0 Å². The largest absolute Gasteiger partial charge is 0.330 e. The minimum Gasteiger partial charge on any atom is -0.330 e. The van der Waals surface area contributed by atoms with E-state index in [0.717, 1.165) is 24.8 Å². The van der Waals surface area contributed by atoms with E-state index < -0.39 is 0 Å². The lowest BCUT2D eigenvalue weighted by Gasteiger charge is -2.19. The molecule has 0 saturated heterocycles. The predicted octanol–water partition coefficient (Wildman–Crippen LogP) is 3.40. The number of carbonyl (C=O) groups is 1. The first-order valence-electron chi connectivity index (χ1n) is 6.93. The van der Waals surface area contributed by atoms with Gasteiger partial charge in [0.2, 0.25) is 0 Å². The van der Waals surface area contributed by atoms with E-state index in [-0.39, 0.29) is 5.78 Å². The summed E-state index contributed by atoms with van der Waals surface area (Å²) in [5, 5.41) is 0. The van der Waals surface area contributed by atoms with E-state index in [1.165, 1.54) is 11.1 Å². The average Bonchev–Trinajstić information content (AvgIpc) is 3.06. The standard InChI is InChI=1S/C16H18N2O/c1-2-3-15(18-9-8-17-11-18)13-4-6-14-12(10-13)5-7-16(14)19/h4,6,8-11,15H,2-3,5,7H2,1H3. The fraction of sp³-hybridized carbons (Fsp3) is 0.375. The number of benzene rings is 1. The molecule has 0 spiro atoms. The van der Waals surface area contributed by atoms with Gasteiger partial charge in [-0.2, -0.15) is 0 Å². The van der Waals surface area contributed by atoms with Gasteiger partial charge in [-0.25, -0.2) is 4.98 Å². The molecule has 2 aromatic rings. The van der Waals surface area contributed by atoms with Crippen molar-refractivity contribution >= 4 is 5.78 Å². The average molecular weight is 254 g/mol. The molecule has 1 aromatic heterocycles. The Balaban J connectivity index is 1.98. The van der Waals surface area contributed by atoms with Crippen LogP contribution in [0.25, 0.3) is 0 Å². The summed E-state index contributed by atoms with van der Waals surface area (Å²) < 4.78 is 2.15. The van der Waals surface area contributed by atoms with Gasteiger partial charge in [0.05, 0.1) is 12.4 Å². The molecule has 0 saturated carbocycles. The van der Waals surface area contributed by atoms with Crippen molar-refractivity contribution in [3.8, 4) is 0 Å². The zero-order valence-corrected chi connectivity index (χ0v) is 11.2. The molecule has 98 valence electrons. The number of Topliss-reactive ketones (excluding diaryl/α,β-unsaturated/α-hetero) is 1. The van der Waals surface area contributed by atoms with Crippen molar-refractivity contribution in [2.24, 2.45) is 0 Å². The minimum absolute atomic E-state index is 0.288. The molecule has 1 heterocycles. The Morgan fingerprint density at radius 3 is 3.00 bits per heavy atom. The van der Waals surface area contributed by atoms with Gasteiger partial charge in [-0.3, -0.25) is 4.79 Å². The van der Waals surface area contributed by atoms with Crippen LogP contribution in [0.1, 0.15) is 53.7 Å². The molecule has 1 atom stereocenters. The Bertz CT molecular complexity index is 587. The van der Waals surface area contributed by atoms with Crippen LogP contribution >= 0.6 is 0 Å². The van der Waals surface area contributed by atoms with Crippen LogP contribution in [-0.4, -0.2) is 15.3 Å². The van der Waals surface area contributed by atoms with Crippen LogP contribution in [0, 0.1) is 0 Å². The van der Waals surface area contributed by atoms with E-state index in [4.69, 9.17) is 0 Å². The van der Waals surface area contributed by atoms with E-state index in [1.807, 2.05) is 24.8 Å². The van der Waals surface area contributed by atoms with E-state index in [1.54, 1.807) is 0 Å². The second-order valence-corrected chi connectivity index (χ2v) is 5.15. The fourth-order valence-corrected chi connectivity index (χ4v) is 2.90. The molecule has 0 fully saturated rings. The summed E-state index contributed by atoms with van der Waals surface area (Å²) >= 11 is 0. The quantitative estimate of drug-likeness (QED) is 0.838. The molecule has 1 aliphatic rings. The highest BCUT2D eigenvalue weighted by atomic mass is 16.1. The summed E-state index contributed by atoms with van der Waals surface area (Å²) in [4.78, 5) is 15.8. The molecule has 0 aliphatic heterocycles. The third kappa shape index (κ3) is 2.21. The predicted molar refractivity (Wildman–Crippen MR) is 74.4 cm³/mol. The molecule has 1 unspecified atom stereocenters. The van der Waals surface area contributed by atoms with Crippen molar-refractivity contribution in [2.75, 3.05) is 0 Å². The van der Waals surface area contributed by atoms with Gasteiger partial charge in [0.15, 0.2) is 5.78 Å². The Labute approximate surface area is 113 Å². The van der Waals surface area contributed by atoms with E-state index in [0.29, 0.717) is 12.5 Å². The van der Waals surface area contributed by atoms with Crippen LogP contribution in [0.4, 0.5) is 0 Å². The molecule has 1 aromatic carbocycles.